The van der Waals surface area contributed by atoms with Crippen molar-refractivity contribution in [2.75, 3.05) is 13.1 Å². The zero-order chi connectivity index (χ0) is 10.7. The molecule has 1 nitrogen and oxygen atoms in total. The van der Waals surface area contributed by atoms with Gasteiger partial charge in [0, 0.05) is 10.5 Å². The Hall–Kier alpha value is -0.340. The van der Waals surface area contributed by atoms with Gasteiger partial charge in [-0.2, -0.15) is 0 Å². The van der Waals surface area contributed by atoms with Crippen molar-refractivity contribution in [3.63, 3.8) is 0 Å². The maximum Gasteiger partial charge on any atom is 0.0348 e. The highest BCUT2D eigenvalue weighted by Gasteiger charge is 2.21. The van der Waals surface area contributed by atoms with Gasteiger partial charge in [0.1, 0.15) is 0 Å². The first-order valence-corrected chi connectivity index (χ1v) is 6.60. The van der Waals surface area contributed by atoms with Gasteiger partial charge in [-0.1, -0.05) is 41.4 Å². The van der Waals surface area contributed by atoms with Crippen LogP contribution in [-0.2, 0) is 0 Å². The number of piperidine rings is 1. The zero-order valence-electron chi connectivity index (χ0n) is 9.25. The number of nitrogens with zero attached hydrogens (tertiary/aromatic N) is 1. The van der Waals surface area contributed by atoms with Gasteiger partial charge in [0.25, 0.3) is 0 Å². The molecule has 1 heterocycles. The van der Waals surface area contributed by atoms with Crippen LogP contribution in [-0.4, -0.2) is 18.0 Å². The van der Waals surface area contributed by atoms with Crippen LogP contribution in [0, 0.1) is 0 Å². The highest BCUT2D eigenvalue weighted by molar-refractivity contribution is 9.10. The van der Waals surface area contributed by atoms with E-state index in [-0.39, 0.29) is 0 Å². The van der Waals surface area contributed by atoms with Crippen LogP contribution in [0.4, 0.5) is 0 Å². The molecule has 2 rings (SSSR count). The molecular formula is C13H18BrN. The van der Waals surface area contributed by atoms with Crippen LogP contribution < -0.4 is 0 Å². The van der Waals surface area contributed by atoms with E-state index < -0.39 is 0 Å². The lowest BCUT2D eigenvalue weighted by Crippen LogP contribution is -2.33. The highest BCUT2D eigenvalue weighted by Crippen LogP contribution is 2.30. The van der Waals surface area contributed by atoms with E-state index in [0.29, 0.717) is 6.04 Å². The maximum absolute atomic E-state index is 3.49. The Bertz CT molecular complexity index is 307. The molecule has 0 radical (unpaired) electrons. The van der Waals surface area contributed by atoms with Crippen molar-refractivity contribution in [2.24, 2.45) is 0 Å². The molecular weight excluding hydrogens is 250 g/mol. The number of benzene rings is 1. The van der Waals surface area contributed by atoms with Crippen LogP contribution in [0.2, 0.25) is 0 Å². The molecule has 1 aromatic rings. The largest absolute Gasteiger partial charge is 0.297 e. The van der Waals surface area contributed by atoms with E-state index in [2.05, 4.69) is 52.0 Å². The van der Waals surface area contributed by atoms with E-state index in [0.717, 1.165) is 0 Å². The summed E-state index contributed by atoms with van der Waals surface area (Å²) in [5.74, 6) is 0. The predicted octanol–water partition coefficient (Wildman–Crippen LogP) is 4.00. The molecule has 1 atom stereocenters. The van der Waals surface area contributed by atoms with E-state index in [4.69, 9.17) is 0 Å². The van der Waals surface area contributed by atoms with Gasteiger partial charge in [-0.15, -0.1) is 0 Å². The molecule has 0 bridgehead atoms. The van der Waals surface area contributed by atoms with E-state index in [1.165, 1.54) is 42.4 Å². The molecule has 1 unspecified atom stereocenters. The fraction of sp³-hybridized carbons (Fsp3) is 0.538. The summed E-state index contributed by atoms with van der Waals surface area (Å²) in [4.78, 5) is 2.59. The Morgan fingerprint density at radius 3 is 2.67 bits per heavy atom. The van der Waals surface area contributed by atoms with Crippen molar-refractivity contribution in [3.05, 3.63) is 34.3 Å². The molecule has 0 saturated carbocycles. The highest BCUT2D eigenvalue weighted by atomic mass is 79.9. The van der Waals surface area contributed by atoms with Crippen LogP contribution >= 0.6 is 15.9 Å². The third-order valence-electron chi connectivity index (χ3n) is 3.27. The molecule has 1 saturated heterocycles. The fourth-order valence-electron chi connectivity index (χ4n) is 2.43. The van der Waals surface area contributed by atoms with Gasteiger partial charge in [0.05, 0.1) is 0 Å². The molecule has 1 aliphatic rings. The topological polar surface area (TPSA) is 3.24 Å². The normalized spacial score (nSPS) is 22.9. The summed E-state index contributed by atoms with van der Waals surface area (Å²) in [5.41, 5.74) is 1.47. The van der Waals surface area contributed by atoms with Gasteiger partial charge in [0.15, 0.2) is 0 Å². The third-order valence-corrected chi connectivity index (χ3v) is 3.80. The van der Waals surface area contributed by atoms with Crippen LogP contribution in [0.3, 0.4) is 0 Å². The average Bonchev–Trinajstić information content (AvgIpc) is 2.30. The predicted molar refractivity (Wildman–Crippen MR) is 68.0 cm³/mol. The molecule has 1 aliphatic heterocycles. The summed E-state index contributed by atoms with van der Waals surface area (Å²) in [6, 6.07) is 9.46. The van der Waals surface area contributed by atoms with Crippen LogP contribution in [0.25, 0.3) is 0 Å². The minimum absolute atomic E-state index is 0.650. The summed E-state index contributed by atoms with van der Waals surface area (Å²) in [5, 5.41) is 0. The first kappa shape index (κ1) is 11.2. The SMILES string of the molecule is CCN1CCCCC1c1ccc(Br)cc1. The van der Waals surface area contributed by atoms with Crippen molar-refractivity contribution in [2.45, 2.75) is 32.2 Å². The standard InChI is InChI=1S/C13H18BrN/c1-2-15-10-4-3-5-13(15)11-6-8-12(14)9-7-11/h6-9,13H,2-5,10H2,1H3. The van der Waals surface area contributed by atoms with Gasteiger partial charge >= 0.3 is 0 Å². The quantitative estimate of drug-likeness (QED) is 0.783. The van der Waals surface area contributed by atoms with Crippen LogP contribution in [0.15, 0.2) is 28.7 Å². The zero-order valence-corrected chi connectivity index (χ0v) is 10.8. The van der Waals surface area contributed by atoms with Gasteiger partial charge < -0.3 is 0 Å². The van der Waals surface area contributed by atoms with Gasteiger partial charge in [-0.3, -0.25) is 4.90 Å². The Morgan fingerprint density at radius 2 is 2.00 bits per heavy atom. The Labute approximate surface area is 101 Å². The maximum atomic E-state index is 3.49. The Kier molecular flexibility index (Phi) is 3.81. The van der Waals surface area contributed by atoms with E-state index in [9.17, 15) is 0 Å². The summed E-state index contributed by atoms with van der Waals surface area (Å²) >= 11 is 3.49. The Morgan fingerprint density at radius 1 is 1.27 bits per heavy atom. The minimum atomic E-state index is 0.650. The molecule has 15 heavy (non-hydrogen) atoms. The van der Waals surface area contributed by atoms with Crippen molar-refractivity contribution in [1.29, 1.82) is 0 Å². The van der Waals surface area contributed by atoms with Gasteiger partial charge in [-0.05, 0) is 43.6 Å². The van der Waals surface area contributed by atoms with Crippen LogP contribution in [0.5, 0.6) is 0 Å². The number of hydrogen-bond donors (Lipinski definition) is 0. The van der Waals surface area contributed by atoms with Gasteiger partial charge in [-0.25, -0.2) is 0 Å². The van der Waals surface area contributed by atoms with Crippen molar-refractivity contribution in [3.8, 4) is 0 Å². The molecule has 2 heteroatoms. The molecule has 1 fully saturated rings. The molecule has 0 aromatic heterocycles. The third kappa shape index (κ3) is 2.61. The van der Waals surface area contributed by atoms with Crippen molar-refractivity contribution in [1.82, 2.24) is 4.90 Å². The molecule has 0 N–H and O–H groups in total. The first-order valence-electron chi connectivity index (χ1n) is 5.81. The molecule has 82 valence electrons. The second-order valence-corrected chi connectivity index (χ2v) is 5.11. The lowest BCUT2D eigenvalue weighted by Gasteiger charge is -2.35. The second kappa shape index (κ2) is 5.13. The average molecular weight is 268 g/mol. The lowest BCUT2D eigenvalue weighted by molar-refractivity contribution is 0.157. The second-order valence-electron chi connectivity index (χ2n) is 4.19. The van der Waals surface area contributed by atoms with Crippen molar-refractivity contribution >= 4 is 15.9 Å². The van der Waals surface area contributed by atoms with E-state index >= 15 is 0 Å². The number of halogens is 1. The summed E-state index contributed by atoms with van der Waals surface area (Å²) < 4.78 is 1.17. The summed E-state index contributed by atoms with van der Waals surface area (Å²) in [7, 11) is 0. The fourth-order valence-corrected chi connectivity index (χ4v) is 2.70. The lowest BCUT2D eigenvalue weighted by atomic mass is 9.95. The Balaban J connectivity index is 2.16. The van der Waals surface area contributed by atoms with Crippen molar-refractivity contribution < 1.29 is 0 Å². The molecule has 0 amide bonds. The summed E-state index contributed by atoms with van der Waals surface area (Å²) in [6.45, 7) is 4.69. The first-order chi connectivity index (χ1) is 7.31. The molecule has 1 aromatic carbocycles. The van der Waals surface area contributed by atoms with E-state index in [1.807, 2.05) is 0 Å². The number of likely N-dealkylation sites (tertiary alicyclic amines) is 1. The smallest absolute Gasteiger partial charge is 0.0348 e. The molecule has 0 aliphatic carbocycles. The monoisotopic (exact) mass is 267 g/mol. The molecule has 0 spiro atoms. The van der Waals surface area contributed by atoms with Crippen LogP contribution in [0.1, 0.15) is 37.8 Å². The number of hydrogen-bond acceptors (Lipinski definition) is 1. The summed E-state index contributed by atoms with van der Waals surface area (Å²) in [6.07, 6.45) is 4.05. The van der Waals surface area contributed by atoms with E-state index in [1.54, 1.807) is 0 Å². The number of rotatable bonds is 2. The minimum Gasteiger partial charge on any atom is -0.297 e. The van der Waals surface area contributed by atoms with Gasteiger partial charge in [0.2, 0.25) is 0 Å².